The molecule has 1 saturated heterocycles. The van der Waals surface area contributed by atoms with Gasteiger partial charge in [0.15, 0.2) is 5.43 Å². The molecule has 0 unspecified atom stereocenters. The lowest BCUT2D eigenvalue weighted by atomic mass is 9.85. The van der Waals surface area contributed by atoms with E-state index in [9.17, 15) is 9.90 Å². The number of likely N-dealkylation sites (tertiary alicyclic amines) is 1. The van der Waals surface area contributed by atoms with Crippen LogP contribution in [0.5, 0.6) is 11.9 Å². The lowest BCUT2D eigenvalue weighted by Crippen LogP contribution is -2.43. The molecule has 1 aliphatic rings. The summed E-state index contributed by atoms with van der Waals surface area (Å²) in [6.45, 7) is 6.30. The Labute approximate surface area is 180 Å². The molecule has 4 rings (SSSR count). The average Bonchev–Trinajstić information content (AvgIpc) is 2.78. The molecule has 0 amide bonds. The zero-order valence-electron chi connectivity index (χ0n) is 17.8. The molecule has 0 saturated carbocycles. The minimum atomic E-state index is -1.10. The van der Waals surface area contributed by atoms with Crippen LogP contribution in [0.1, 0.15) is 37.8 Å². The molecule has 1 fully saturated rings. The molecule has 1 aliphatic heterocycles. The van der Waals surface area contributed by atoms with Crippen molar-refractivity contribution in [2.24, 2.45) is 0 Å². The normalized spacial score (nSPS) is 16.4. The predicted octanol–water partition coefficient (Wildman–Crippen LogP) is 2.86. The van der Waals surface area contributed by atoms with Gasteiger partial charge in [0.05, 0.1) is 36.0 Å². The summed E-state index contributed by atoms with van der Waals surface area (Å²) in [7, 11) is 0. The number of hydrogen-bond donors (Lipinski definition) is 1. The molecule has 1 aromatic carbocycles. The Morgan fingerprint density at radius 2 is 1.90 bits per heavy atom. The van der Waals surface area contributed by atoms with Crippen LogP contribution in [0.4, 0.5) is 0 Å². The van der Waals surface area contributed by atoms with Crippen LogP contribution < -0.4 is 14.9 Å². The van der Waals surface area contributed by atoms with Crippen LogP contribution in [0.15, 0.2) is 45.9 Å². The van der Waals surface area contributed by atoms with Gasteiger partial charge < -0.3 is 19.0 Å². The quantitative estimate of drug-likeness (QED) is 0.617. The predicted molar refractivity (Wildman–Crippen MR) is 115 cm³/mol. The van der Waals surface area contributed by atoms with E-state index in [1.165, 1.54) is 0 Å². The fraction of sp³-hybridized carbons (Fsp3) is 0.435. The first-order valence-electron chi connectivity index (χ1n) is 10.6. The second kappa shape index (κ2) is 9.03. The molecule has 0 aliphatic carbocycles. The molecule has 8 heteroatoms. The largest absolute Gasteiger partial charge is 0.478 e. The van der Waals surface area contributed by atoms with E-state index in [1.54, 1.807) is 24.6 Å². The number of para-hydroxylation sites is 1. The maximum Gasteiger partial charge on any atom is 0.319 e. The minimum absolute atomic E-state index is 0.0127. The van der Waals surface area contributed by atoms with Gasteiger partial charge in [0.1, 0.15) is 5.58 Å². The number of benzene rings is 1. The van der Waals surface area contributed by atoms with Crippen LogP contribution in [0.2, 0.25) is 0 Å². The van der Waals surface area contributed by atoms with Gasteiger partial charge in [-0.3, -0.25) is 9.69 Å². The third-order valence-corrected chi connectivity index (χ3v) is 5.62. The molecule has 2 aromatic heterocycles. The van der Waals surface area contributed by atoms with Gasteiger partial charge in [-0.25, -0.2) is 4.98 Å². The van der Waals surface area contributed by atoms with Gasteiger partial charge in [-0.15, -0.1) is 0 Å². The van der Waals surface area contributed by atoms with E-state index in [0.29, 0.717) is 73.7 Å². The second-order valence-corrected chi connectivity index (χ2v) is 7.63. The highest BCUT2D eigenvalue weighted by molar-refractivity contribution is 5.76. The zero-order chi connectivity index (χ0) is 21.8. The standard InChI is InChI=1S/C23H27N3O5/c1-3-29-21-18(13-24-22(25-21)30-4-2)23(28)9-11-26(12-10-23)14-16-15-31-19-8-6-5-7-17(19)20(16)27/h5-8,13,15,28H,3-4,9-12,14H2,1-2H3. The van der Waals surface area contributed by atoms with Crippen LogP contribution in [-0.4, -0.2) is 46.3 Å². The molecule has 0 bridgehead atoms. The monoisotopic (exact) mass is 425 g/mol. The van der Waals surface area contributed by atoms with Crippen molar-refractivity contribution in [1.82, 2.24) is 14.9 Å². The van der Waals surface area contributed by atoms with Crippen molar-refractivity contribution in [1.29, 1.82) is 0 Å². The first-order chi connectivity index (χ1) is 15.0. The van der Waals surface area contributed by atoms with Crippen molar-refractivity contribution in [3.8, 4) is 11.9 Å². The van der Waals surface area contributed by atoms with Crippen molar-refractivity contribution in [2.45, 2.75) is 38.8 Å². The van der Waals surface area contributed by atoms with Crippen LogP contribution in [-0.2, 0) is 12.1 Å². The highest BCUT2D eigenvalue weighted by Crippen LogP contribution is 2.37. The van der Waals surface area contributed by atoms with Gasteiger partial charge in [0.2, 0.25) is 5.88 Å². The lowest BCUT2D eigenvalue weighted by Gasteiger charge is -2.38. The smallest absolute Gasteiger partial charge is 0.319 e. The third-order valence-electron chi connectivity index (χ3n) is 5.62. The SMILES string of the molecule is CCOc1ncc(C2(O)CCN(Cc3coc4ccccc4c3=O)CC2)c(OCC)n1. The van der Waals surface area contributed by atoms with Crippen molar-refractivity contribution in [3.63, 3.8) is 0 Å². The summed E-state index contributed by atoms with van der Waals surface area (Å²) in [5.74, 6) is 0.354. The highest BCUT2D eigenvalue weighted by atomic mass is 16.5. The number of rotatable bonds is 7. The van der Waals surface area contributed by atoms with E-state index >= 15 is 0 Å². The van der Waals surface area contributed by atoms with Gasteiger partial charge >= 0.3 is 6.01 Å². The van der Waals surface area contributed by atoms with Gasteiger partial charge in [-0.1, -0.05) is 12.1 Å². The van der Waals surface area contributed by atoms with Gasteiger partial charge in [-0.2, -0.15) is 4.98 Å². The summed E-state index contributed by atoms with van der Waals surface area (Å²) in [4.78, 5) is 23.5. The Morgan fingerprint density at radius 1 is 1.16 bits per heavy atom. The molecule has 0 atom stereocenters. The van der Waals surface area contributed by atoms with Crippen molar-refractivity contribution < 1.29 is 19.0 Å². The van der Waals surface area contributed by atoms with E-state index < -0.39 is 5.60 Å². The minimum Gasteiger partial charge on any atom is -0.478 e. The third kappa shape index (κ3) is 4.40. The van der Waals surface area contributed by atoms with E-state index in [4.69, 9.17) is 13.9 Å². The Kier molecular flexibility index (Phi) is 6.20. The van der Waals surface area contributed by atoms with Crippen molar-refractivity contribution >= 4 is 11.0 Å². The lowest BCUT2D eigenvalue weighted by molar-refractivity contribution is -0.0304. The number of hydrogen-bond acceptors (Lipinski definition) is 8. The fourth-order valence-corrected chi connectivity index (χ4v) is 3.93. The number of fused-ring (bicyclic) bond motifs is 1. The van der Waals surface area contributed by atoms with Gasteiger partial charge in [0, 0.05) is 31.4 Å². The molecule has 164 valence electrons. The first kappa shape index (κ1) is 21.3. The van der Waals surface area contributed by atoms with E-state index in [1.807, 2.05) is 26.0 Å². The summed E-state index contributed by atoms with van der Waals surface area (Å²) in [6, 6.07) is 7.48. The number of ether oxygens (including phenoxy) is 2. The maximum absolute atomic E-state index is 12.8. The molecule has 3 heterocycles. The number of piperidine rings is 1. The highest BCUT2D eigenvalue weighted by Gasteiger charge is 2.37. The number of aromatic nitrogens is 2. The first-order valence-corrected chi connectivity index (χ1v) is 10.6. The Bertz CT molecular complexity index is 1110. The molecule has 1 N–H and O–H groups in total. The second-order valence-electron chi connectivity index (χ2n) is 7.63. The van der Waals surface area contributed by atoms with E-state index in [-0.39, 0.29) is 11.4 Å². The number of nitrogens with zero attached hydrogens (tertiary/aromatic N) is 3. The van der Waals surface area contributed by atoms with Gasteiger partial charge in [0.25, 0.3) is 0 Å². The summed E-state index contributed by atoms with van der Waals surface area (Å²) in [5.41, 5.74) is 0.662. The molecule has 3 aromatic rings. The maximum atomic E-state index is 12.8. The van der Waals surface area contributed by atoms with Crippen LogP contribution in [0.3, 0.4) is 0 Å². The van der Waals surface area contributed by atoms with Crippen LogP contribution in [0, 0.1) is 0 Å². The molecule has 8 nitrogen and oxygen atoms in total. The van der Waals surface area contributed by atoms with Crippen molar-refractivity contribution in [2.75, 3.05) is 26.3 Å². The van der Waals surface area contributed by atoms with Crippen LogP contribution in [0.25, 0.3) is 11.0 Å². The zero-order valence-corrected chi connectivity index (χ0v) is 17.8. The Morgan fingerprint density at radius 3 is 2.65 bits per heavy atom. The average molecular weight is 425 g/mol. The van der Waals surface area contributed by atoms with Crippen molar-refractivity contribution in [3.05, 3.63) is 58.1 Å². The Balaban J connectivity index is 1.49. The van der Waals surface area contributed by atoms with E-state index in [0.717, 1.165) is 0 Å². The molecule has 0 radical (unpaired) electrons. The molecular formula is C23H27N3O5. The molecular weight excluding hydrogens is 398 g/mol. The molecule has 31 heavy (non-hydrogen) atoms. The van der Waals surface area contributed by atoms with Gasteiger partial charge in [-0.05, 0) is 38.8 Å². The fourth-order valence-electron chi connectivity index (χ4n) is 3.93. The topological polar surface area (TPSA) is 97.9 Å². The van der Waals surface area contributed by atoms with Crippen LogP contribution >= 0.6 is 0 Å². The summed E-state index contributed by atoms with van der Waals surface area (Å²) >= 11 is 0. The Hall–Kier alpha value is -2.97. The summed E-state index contributed by atoms with van der Waals surface area (Å²) in [5, 5.41) is 11.9. The van der Waals surface area contributed by atoms with E-state index in [2.05, 4.69) is 14.9 Å². The number of aliphatic hydroxyl groups is 1. The summed E-state index contributed by atoms with van der Waals surface area (Å²) < 4.78 is 16.7. The molecule has 0 spiro atoms. The summed E-state index contributed by atoms with van der Waals surface area (Å²) in [6.07, 6.45) is 4.09.